The zero-order valence-electron chi connectivity index (χ0n) is 13.4. The number of benzene rings is 1. The quantitative estimate of drug-likeness (QED) is 0.696. The van der Waals surface area contributed by atoms with E-state index in [0.29, 0.717) is 13.0 Å². The smallest absolute Gasteiger partial charge is 0.315 e. The van der Waals surface area contributed by atoms with E-state index in [2.05, 4.69) is 15.6 Å². The van der Waals surface area contributed by atoms with Crippen molar-refractivity contribution in [2.45, 2.75) is 39.0 Å². The van der Waals surface area contributed by atoms with E-state index >= 15 is 0 Å². The number of nitrogens with zero attached hydrogens (tertiary/aromatic N) is 2. The van der Waals surface area contributed by atoms with E-state index < -0.39 is 6.10 Å². The summed E-state index contributed by atoms with van der Waals surface area (Å²) in [6, 6.07) is 7.82. The van der Waals surface area contributed by atoms with E-state index in [1.165, 1.54) is 5.56 Å². The van der Waals surface area contributed by atoms with Crippen molar-refractivity contribution in [1.82, 2.24) is 20.2 Å². The lowest BCUT2D eigenvalue weighted by Gasteiger charge is -2.12. The van der Waals surface area contributed by atoms with Gasteiger partial charge in [0.2, 0.25) is 0 Å². The van der Waals surface area contributed by atoms with E-state index in [1.54, 1.807) is 12.5 Å². The van der Waals surface area contributed by atoms with Crippen LogP contribution in [0.3, 0.4) is 0 Å². The van der Waals surface area contributed by atoms with Crippen LogP contribution < -0.4 is 10.6 Å². The maximum absolute atomic E-state index is 11.7. The number of aromatic nitrogens is 2. The topological polar surface area (TPSA) is 79.2 Å². The highest BCUT2D eigenvalue weighted by Gasteiger charge is 2.05. The van der Waals surface area contributed by atoms with Gasteiger partial charge in [0.15, 0.2) is 0 Å². The molecule has 23 heavy (non-hydrogen) atoms. The number of hydrogen-bond donors (Lipinski definition) is 3. The molecule has 1 heterocycles. The molecule has 2 amide bonds. The summed E-state index contributed by atoms with van der Waals surface area (Å²) in [4.78, 5) is 15.7. The number of aliphatic hydroxyl groups excluding tert-OH is 1. The lowest BCUT2D eigenvalue weighted by atomic mass is 10.1. The molecule has 6 nitrogen and oxygen atoms in total. The Kier molecular flexibility index (Phi) is 6.62. The molecule has 3 N–H and O–H groups in total. The van der Waals surface area contributed by atoms with Crippen LogP contribution in [0.25, 0.3) is 0 Å². The first kappa shape index (κ1) is 17.0. The molecular formula is C17H24N4O2. The number of rotatable bonds is 8. The summed E-state index contributed by atoms with van der Waals surface area (Å²) in [5.74, 6) is 0. The van der Waals surface area contributed by atoms with E-state index in [0.717, 1.165) is 18.5 Å². The van der Waals surface area contributed by atoms with Gasteiger partial charge in [-0.2, -0.15) is 0 Å². The van der Waals surface area contributed by atoms with Crippen molar-refractivity contribution in [2.24, 2.45) is 0 Å². The second kappa shape index (κ2) is 8.95. The molecule has 1 unspecified atom stereocenters. The van der Waals surface area contributed by atoms with E-state index in [4.69, 9.17) is 0 Å². The van der Waals surface area contributed by atoms with Gasteiger partial charge >= 0.3 is 6.03 Å². The van der Waals surface area contributed by atoms with Crippen molar-refractivity contribution in [2.75, 3.05) is 6.54 Å². The molecule has 0 bridgehead atoms. The molecule has 1 atom stereocenters. The van der Waals surface area contributed by atoms with Gasteiger partial charge in [-0.05, 0) is 17.5 Å². The van der Waals surface area contributed by atoms with Crippen LogP contribution in [-0.4, -0.2) is 33.3 Å². The minimum absolute atomic E-state index is 0.261. The first-order valence-electron chi connectivity index (χ1n) is 7.90. The summed E-state index contributed by atoms with van der Waals surface area (Å²) < 4.78 is 2.00. The predicted octanol–water partition coefficient (Wildman–Crippen LogP) is 1.89. The van der Waals surface area contributed by atoms with Gasteiger partial charge < -0.3 is 20.3 Å². The Labute approximate surface area is 136 Å². The predicted molar refractivity (Wildman–Crippen MR) is 88.9 cm³/mol. The van der Waals surface area contributed by atoms with Gasteiger partial charge in [-0.25, -0.2) is 9.78 Å². The fourth-order valence-electron chi connectivity index (χ4n) is 2.24. The standard InChI is InChI=1S/C17H24N4O2/c1-2-3-16(22)11-20-17(23)19-10-14-4-6-15(7-5-14)12-21-9-8-18-13-21/h4-9,13,16,22H,2-3,10-12H2,1H3,(H2,19,20,23). The first-order chi connectivity index (χ1) is 11.2. The van der Waals surface area contributed by atoms with Crippen LogP contribution in [0.2, 0.25) is 0 Å². The molecule has 0 saturated carbocycles. The van der Waals surface area contributed by atoms with Crippen molar-refractivity contribution < 1.29 is 9.90 Å². The molecule has 2 aromatic rings. The molecule has 0 aliphatic heterocycles. The Bertz CT molecular complexity index is 581. The fraction of sp³-hybridized carbons (Fsp3) is 0.412. The number of carbonyl (C=O) groups is 1. The summed E-state index contributed by atoms with van der Waals surface area (Å²) in [7, 11) is 0. The molecular weight excluding hydrogens is 292 g/mol. The van der Waals surface area contributed by atoms with Gasteiger partial charge in [0.1, 0.15) is 0 Å². The number of amides is 2. The fourth-order valence-corrected chi connectivity index (χ4v) is 2.24. The third kappa shape index (κ3) is 6.12. The summed E-state index contributed by atoms with van der Waals surface area (Å²) in [6.07, 6.45) is 6.58. The number of imidazole rings is 1. The van der Waals surface area contributed by atoms with E-state index in [-0.39, 0.29) is 12.6 Å². The van der Waals surface area contributed by atoms with Gasteiger partial charge in [-0.1, -0.05) is 37.6 Å². The SMILES string of the molecule is CCCC(O)CNC(=O)NCc1ccc(Cn2ccnc2)cc1. The molecule has 0 aliphatic rings. The second-order valence-electron chi connectivity index (χ2n) is 5.56. The molecule has 1 aromatic heterocycles. The maximum atomic E-state index is 11.7. The highest BCUT2D eigenvalue weighted by atomic mass is 16.3. The molecule has 1 aromatic carbocycles. The van der Waals surface area contributed by atoms with Gasteiger partial charge in [0.25, 0.3) is 0 Å². The van der Waals surface area contributed by atoms with Crippen molar-refractivity contribution in [3.63, 3.8) is 0 Å². The second-order valence-corrected chi connectivity index (χ2v) is 5.56. The van der Waals surface area contributed by atoms with Crippen LogP contribution in [0.4, 0.5) is 4.79 Å². The summed E-state index contributed by atoms with van der Waals surface area (Å²) >= 11 is 0. The highest BCUT2D eigenvalue weighted by molar-refractivity contribution is 5.73. The molecule has 6 heteroatoms. The van der Waals surface area contributed by atoms with Crippen molar-refractivity contribution >= 4 is 6.03 Å². The summed E-state index contributed by atoms with van der Waals surface area (Å²) in [5, 5.41) is 15.0. The third-order valence-electron chi connectivity index (χ3n) is 3.52. The Hall–Kier alpha value is -2.34. The monoisotopic (exact) mass is 316 g/mol. The van der Waals surface area contributed by atoms with Crippen LogP contribution in [0.15, 0.2) is 43.0 Å². The molecule has 0 saturated heterocycles. The van der Waals surface area contributed by atoms with Crippen LogP contribution in [0.5, 0.6) is 0 Å². The van der Waals surface area contributed by atoms with E-state index in [1.807, 2.05) is 42.0 Å². The average Bonchev–Trinajstić information content (AvgIpc) is 3.05. The van der Waals surface area contributed by atoms with Crippen molar-refractivity contribution in [3.8, 4) is 0 Å². The van der Waals surface area contributed by atoms with Crippen LogP contribution in [0, 0.1) is 0 Å². The van der Waals surface area contributed by atoms with Crippen LogP contribution in [-0.2, 0) is 13.1 Å². The van der Waals surface area contributed by atoms with Gasteiger partial charge in [0, 0.05) is 32.0 Å². The number of hydrogen-bond acceptors (Lipinski definition) is 3. The maximum Gasteiger partial charge on any atom is 0.315 e. The van der Waals surface area contributed by atoms with Gasteiger partial charge in [0.05, 0.1) is 12.4 Å². The van der Waals surface area contributed by atoms with Gasteiger partial charge in [-0.3, -0.25) is 0 Å². The van der Waals surface area contributed by atoms with E-state index in [9.17, 15) is 9.90 Å². The molecule has 2 rings (SSSR count). The summed E-state index contributed by atoms with van der Waals surface area (Å²) in [5.41, 5.74) is 2.21. The normalized spacial score (nSPS) is 11.9. The largest absolute Gasteiger partial charge is 0.391 e. The van der Waals surface area contributed by atoms with Crippen LogP contribution >= 0.6 is 0 Å². The molecule has 0 radical (unpaired) electrons. The molecule has 124 valence electrons. The molecule has 0 aliphatic carbocycles. The number of nitrogens with one attached hydrogen (secondary N) is 2. The zero-order valence-corrected chi connectivity index (χ0v) is 13.4. The van der Waals surface area contributed by atoms with Crippen molar-refractivity contribution in [3.05, 3.63) is 54.1 Å². The summed E-state index contributed by atoms with van der Waals surface area (Å²) in [6.45, 7) is 3.52. The Morgan fingerprint density at radius 3 is 2.65 bits per heavy atom. The van der Waals surface area contributed by atoms with Crippen molar-refractivity contribution in [1.29, 1.82) is 0 Å². The average molecular weight is 316 g/mol. The molecule has 0 fully saturated rings. The van der Waals surface area contributed by atoms with Gasteiger partial charge in [-0.15, -0.1) is 0 Å². The molecule has 0 spiro atoms. The van der Waals surface area contributed by atoms with Crippen LogP contribution in [0.1, 0.15) is 30.9 Å². The minimum Gasteiger partial charge on any atom is -0.391 e. The zero-order chi connectivity index (χ0) is 16.5. The highest BCUT2D eigenvalue weighted by Crippen LogP contribution is 2.06. The third-order valence-corrected chi connectivity index (χ3v) is 3.52. The minimum atomic E-state index is -0.479. The number of aliphatic hydroxyl groups is 1. The first-order valence-corrected chi connectivity index (χ1v) is 7.90. The lowest BCUT2D eigenvalue weighted by molar-refractivity contribution is 0.160. The Balaban J connectivity index is 1.72. The Morgan fingerprint density at radius 2 is 2.00 bits per heavy atom. The Morgan fingerprint density at radius 1 is 1.26 bits per heavy atom. The number of urea groups is 1. The number of carbonyl (C=O) groups excluding carboxylic acids is 1. The lowest BCUT2D eigenvalue weighted by Crippen LogP contribution is -2.39.